The number of allylic oxidation sites excluding steroid dienone is 1. The Morgan fingerprint density at radius 3 is 2.69 bits per heavy atom. The number of rotatable bonds is 7. The number of carbonyl (C=O) groups is 1. The second-order valence-electron chi connectivity index (χ2n) is 11.9. The quantitative estimate of drug-likeness (QED) is 0.254. The SMILES string of the molecule is CC(C)CCCC[C@H]1CC[C@H]2[C@@H]3CC=C4C[C@@H](OC=O)CC[C@]4(C)C3CC[C@]12C. The standard InChI is InChI=1S/C27H44O2/c1-19(2)7-5-6-8-20-10-12-24-23-11-9-21-17-22(29-18-28)13-15-27(21,4)25(23)14-16-26(20,24)3/h9,18-20,22-25H,5-8,10-17H2,1-4H3/t20-,22-,23-,24-,25?,26+,27-/m0/s1. The van der Waals surface area contributed by atoms with E-state index in [-0.39, 0.29) is 6.10 Å². The van der Waals surface area contributed by atoms with Crippen molar-refractivity contribution in [2.45, 2.75) is 111 Å². The van der Waals surface area contributed by atoms with E-state index in [0.717, 1.165) is 42.4 Å². The van der Waals surface area contributed by atoms with Gasteiger partial charge < -0.3 is 4.74 Å². The van der Waals surface area contributed by atoms with Crippen LogP contribution in [-0.4, -0.2) is 12.6 Å². The fourth-order valence-electron chi connectivity index (χ4n) is 8.35. The highest BCUT2D eigenvalue weighted by Crippen LogP contribution is 2.66. The van der Waals surface area contributed by atoms with Gasteiger partial charge in [0.2, 0.25) is 0 Å². The van der Waals surface area contributed by atoms with E-state index < -0.39 is 0 Å². The third kappa shape index (κ3) is 3.83. The molecule has 0 N–H and O–H groups in total. The first-order valence-electron chi connectivity index (χ1n) is 12.7. The van der Waals surface area contributed by atoms with Crippen LogP contribution in [0.15, 0.2) is 11.6 Å². The van der Waals surface area contributed by atoms with Crippen LogP contribution in [0.3, 0.4) is 0 Å². The van der Waals surface area contributed by atoms with E-state index in [2.05, 4.69) is 33.8 Å². The average Bonchev–Trinajstić information content (AvgIpc) is 3.02. The first kappa shape index (κ1) is 21.4. The summed E-state index contributed by atoms with van der Waals surface area (Å²) < 4.78 is 5.35. The molecule has 0 heterocycles. The second-order valence-corrected chi connectivity index (χ2v) is 11.9. The Bertz CT molecular complexity index is 622. The largest absolute Gasteiger partial charge is 0.464 e. The molecule has 0 amide bonds. The summed E-state index contributed by atoms with van der Waals surface area (Å²) in [5.74, 6) is 4.52. The molecule has 3 saturated carbocycles. The molecule has 2 heteroatoms. The highest BCUT2D eigenvalue weighted by atomic mass is 16.5. The van der Waals surface area contributed by atoms with Crippen molar-refractivity contribution in [3.05, 3.63) is 11.6 Å². The Hall–Kier alpha value is -0.790. The van der Waals surface area contributed by atoms with Crippen molar-refractivity contribution in [2.24, 2.45) is 40.4 Å². The Kier molecular flexibility index (Phi) is 6.20. The van der Waals surface area contributed by atoms with Crippen LogP contribution in [0.1, 0.15) is 105 Å². The summed E-state index contributed by atoms with van der Waals surface area (Å²) in [5.41, 5.74) is 2.57. The third-order valence-electron chi connectivity index (χ3n) is 10.1. The van der Waals surface area contributed by atoms with Gasteiger partial charge >= 0.3 is 0 Å². The van der Waals surface area contributed by atoms with Gasteiger partial charge in [0.25, 0.3) is 6.47 Å². The Balaban J connectivity index is 1.44. The molecule has 29 heavy (non-hydrogen) atoms. The average molecular weight is 401 g/mol. The van der Waals surface area contributed by atoms with Crippen LogP contribution in [0.4, 0.5) is 0 Å². The van der Waals surface area contributed by atoms with Crippen molar-refractivity contribution in [3.8, 4) is 0 Å². The van der Waals surface area contributed by atoms with Gasteiger partial charge in [-0.3, -0.25) is 4.79 Å². The highest BCUT2D eigenvalue weighted by molar-refractivity contribution is 5.38. The van der Waals surface area contributed by atoms with E-state index in [1.165, 1.54) is 64.2 Å². The molecule has 164 valence electrons. The molecule has 4 rings (SSSR count). The van der Waals surface area contributed by atoms with Gasteiger partial charge in [0.05, 0.1) is 0 Å². The van der Waals surface area contributed by atoms with Gasteiger partial charge in [-0.05, 0) is 91.8 Å². The maximum atomic E-state index is 10.8. The molecule has 0 aromatic carbocycles. The number of hydrogen-bond acceptors (Lipinski definition) is 2. The summed E-state index contributed by atoms with van der Waals surface area (Å²) in [4.78, 5) is 10.8. The summed E-state index contributed by atoms with van der Waals surface area (Å²) in [6, 6.07) is 0. The van der Waals surface area contributed by atoms with Gasteiger partial charge in [-0.1, -0.05) is 58.6 Å². The zero-order valence-corrected chi connectivity index (χ0v) is 19.4. The lowest BCUT2D eigenvalue weighted by molar-refractivity contribution is -0.136. The predicted molar refractivity (Wildman–Crippen MR) is 119 cm³/mol. The zero-order valence-electron chi connectivity index (χ0n) is 19.4. The molecule has 4 aliphatic rings. The van der Waals surface area contributed by atoms with Crippen molar-refractivity contribution in [1.29, 1.82) is 0 Å². The molecule has 2 nitrogen and oxygen atoms in total. The summed E-state index contributed by atoms with van der Waals surface area (Å²) in [5, 5.41) is 0. The van der Waals surface area contributed by atoms with Gasteiger partial charge in [0, 0.05) is 6.42 Å². The van der Waals surface area contributed by atoms with E-state index >= 15 is 0 Å². The van der Waals surface area contributed by atoms with E-state index in [1.807, 2.05) is 0 Å². The van der Waals surface area contributed by atoms with E-state index in [0.29, 0.717) is 17.3 Å². The third-order valence-corrected chi connectivity index (χ3v) is 10.1. The monoisotopic (exact) mass is 400 g/mol. The van der Waals surface area contributed by atoms with Gasteiger partial charge in [-0.15, -0.1) is 0 Å². The highest BCUT2D eigenvalue weighted by Gasteiger charge is 2.58. The molecule has 0 aromatic heterocycles. The second kappa shape index (κ2) is 8.39. The molecule has 0 bridgehead atoms. The molecule has 3 fully saturated rings. The molecule has 0 saturated heterocycles. The lowest BCUT2D eigenvalue weighted by Crippen LogP contribution is -2.50. The molecule has 0 aliphatic heterocycles. The minimum atomic E-state index is 0.124. The molecule has 0 spiro atoms. The van der Waals surface area contributed by atoms with Crippen molar-refractivity contribution in [3.63, 3.8) is 0 Å². The lowest BCUT2D eigenvalue weighted by atomic mass is 9.47. The fourth-order valence-corrected chi connectivity index (χ4v) is 8.35. The summed E-state index contributed by atoms with van der Waals surface area (Å²) in [6.07, 6.45) is 18.8. The van der Waals surface area contributed by atoms with E-state index in [1.54, 1.807) is 5.57 Å². The Labute approximate surface area is 179 Å². The molecule has 7 atom stereocenters. The normalized spacial score (nSPS) is 43.9. The van der Waals surface area contributed by atoms with E-state index in [4.69, 9.17) is 4.74 Å². The molecule has 4 aliphatic carbocycles. The van der Waals surface area contributed by atoms with Crippen molar-refractivity contribution in [1.82, 2.24) is 0 Å². The topological polar surface area (TPSA) is 26.3 Å². The predicted octanol–water partition coefficient (Wildman–Crippen LogP) is 7.32. The molecular weight excluding hydrogens is 356 g/mol. The van der Waals surface area contributed by atoms with Crippen LogP contribution in [0.25, 0.3) is 0 Å². The van der Waals surface area contributed by atoms with Crippen molar-refractivity contribution >= 4 is 6.47 Å². The fraction of sp³-hybridized carbons (Fsp3) is 0.889. The van der Waals surface area contributed by atoms with E-state index in [9.17, 15) is 4.79 Å². The minimum Gasteiger partial charge on any atom is -0.464 e. The number of ether oxygens (including phenoxy) is 1. The number of fused-ring (bicyclic) bond motifs is 5. The summed E-state index contributed by atoms with van der Waals surface area (Å²) in [7, 11) is 0. The van der Waals surface area contributed by atoms with Crippen molar-refractivity contribution in [2.75, 3.05) is 0 Å². The van der Waals surface area contributed by atoms with Crippen LogP contribution in [0.2, 0.25) is 0 Å². The number of hydrogen-bond donors (Lipinski definition) is 0. The van der Waals surface area contributed by atoms with Crippen LogP contribution in [0.5, 0.6) is 0 Å². The van der Waals surface area contributed by atoms with Crippen LogP contribution in [0, 0.1) is 40.4 Å². The van der Waals surface area contributed by atoms with Gasteiger partial charge in [0.1, 0.15) is 6.10 Å². The Morgan fingerprint density at radius 2 is 1.93 bits per heavy atom. The van der Waals surface area contributed by atoms with Gasteiger partial charge in [0.15, 0.2) is 0 Å². The first-order valence-corrected chi connectivity index (χ1v) is 12.7. The molecule has 1 unspecified atom stereocenters. The number of carbonyl (C=O) groups excluding carboxylic acids is 1. The van der Waals surface area contributed by atoms with Crippen molar-refractivity contribution < 1.29 is 9.53 Å². The summed E-state index contributed by atoms with van der Waals surface area (Å²) in [6.45, 7) is 10.6. The lowest BCUT2D eigenvalue weighted by Gasteiger charge is -2.58. The smallest absolute Gasteiger partial charge is 0.293 e. The number of unbranched alkanes of at least 4 members (excludes halogenated alkanes) is 1. The maximum Gasteiger partial charge on any atom is 0.293 e. The molecule has 0 aromatic rings. The minimum absolute atomic E-state index is 0.124. The van der Waals surface area contributed by atoms with Gasteiger partial charge in [-0.2, -0.15) is 0 Å². The van der Waals surface area contributed by atoms with Crippen LogP contribution in [-0.2, 0) is 9.53 Å². The Morgan fingerprint density at radius 1 is 1.10 bits per heavy atom. The van der Waals surface area contributed by atoms with Crippen LogP contribution >= 0.6 is 0 Å². The van der Waals surface area contributed by atoms with Crippen LogP contribution < -0.4 is 0 Å². The summed E-state index contributed by atoms with van der Waals surface area (Å²) >= 11 is 0. The first-order chi connectivity index (χ1) is 13.9. The zero-order chi connectivity index (χ0) is 20.6. The molecule has 0 radical (unpaired) electrons. The van der Waals surface area contributed by atoms with Gasteiger partial charge in [-0.25, -0.2) is 0 Å². The molecular formula is C27H44O2. The maximum absolute atomic E-state index is 10.8.